The van der Waals surface area contributed by atoms with Gasteiger partial charge in [0.15, 0.2) is 0 Å². The second-order valence-electron chi connectivity index (χ2n) is 4.76. The Balaban J connectivity index is 2.52. The molecule has 0 fully saturated rings. The molecule has 0 bridgehead atoms. The number of aryl methyl sites for hydroxylation is 2. The van der Waals surface area contributed by atoms with E-state index in [0.717, 1.165) is 39.7 Å². The molecular formula is C15H19BrN2O2. The molecule has 2 rings (SSSR count). The number of esters is 1. The quantitative estimate of drug-likeness (QED) is 0.782. The van der Waals surface area contributed by atoms with Crippen molar-refractivity contribution >= 4 is 32.9 Å². The molecular weight excluding hydrogens is 320 g/mol. The van der Waals surface area contributed by atoms with Crippen LogP contribution in [0.3, 0.4) is 0 Å². The third-order valence-corrected chi connectivity index (χ3v) is 3.61. The first kappa shape index (κ1) is 15.0. The van der Waals surface area contributed by atoms with Gasteiger partial charge in [-0.3, -0.25) is 4.79 Å². The van der Waals surface area contributed by atoms with Crippen LogP contribution in [0.15, 0.2) is 16.6 Å². The number of hydrogen-bond acceptors (Lipinski definition) is 3. The highest BCUT2D eigenvalue weighted by molar-refractivity contribution is 9.10. The summed E-state index contributed by atoms with van der Waals surface area (Å²) < 4.78 is 8.02. The lowest BCUT2D eigenvalue weighted by molar-refractivity contribution is -0.143. The lowest BCUT2D eigenvalue weighted by Gasteiger charge is -2.08. The molecule has 0 N–H and O–H groups in total. The fraction of sp³-hybridized carbons (Fsp3) is 0.467. The fourth-order valence-electron chi connectivity index (χ4n) is 2.32. The summed E-state index contributed by atoms with van der Waals surface area (Å²) in [5, 5.41) is 0. The summed E-state index contributed by atoms with van der Waals surface area (Å²) in [6.07, 6.45) is 1.84. The van der Waals surface area contributed by atoms with Crippen molar-refractivity contribution in [3.8, 4) is 0 Å². The maximum absolute atomic E-state index is 11.8. The van der Waals surface area contributed by atoms with Gasteiger partial charge in [0.05, 0.1) is 17.6 Å². The van der Waals surface area contributed by atoms with Crippen molar-refractivity contribution in [1.29, 1.82) is 0 Å². The normalized spacial score (nSPS) is 11.0. The Labute approximate surface area is 127 Å². The number of benzene rings is 1. The van der Waals surface area contributed by atoms with Gasteiger partial charge in [-0.15, -0.1) is 0 Å². The summed E-state index contributed by atoms with van der Waals surface area (Å²) in [5.41, 5.74) is 3.05. The van der Waals surface area contributed by atoms with Crippen molar-refractivity contribution in [1.82, 2.24) is 9.55 Å². The van der Waals surface area contributed by atoms with Crippen LogP contribution in [-0.2, 0) is 22.5 Å². The Hall–Kier alpha value is -1.36. The standard InChI is InChI=1S/C15H19BrN2O2/c1-4-6-13-17-15-10(3)7-11(16)8-12(15)18(13)9-14(19)20-5-2/h7-8H,4-6,9H2,1-3H3. The summed E-state index contributed by atoms with van der Waals surface area (Å²) in [7, 11) is 0. The van der Waals surface area contributed by atoms with Crippen LogP contribution in [0.5, 0.6) is 0 Å². The maximum Gasteiger partial charge on any atom is 0.326 e. The van der Waals surface area contributed by atoms with Crippen molar-refractivity contribution in [3.63, 3.8) is 0 Å². The van der Waals surface area contributed by atoms with Gasteiger partial charge in [-0.1, -0.05) is 22.9 Å². The number of ether oxygens (including phenoxy) is 1. The van der Waals surface area contributed by atoms with E-state index in [1.807, 2.05) is 30.5 Å². The van der Waals surface area contributed by atoms with Crippen LogP contribution >= 0.6 is 15.9 Å². The molecule has 5 heteroatoms. The van der Waals surface area contributed by atoms with Gasteiger partial charge in [0.2, 0.25) is 0 Å². The zero-order chi connectivity index (χ0) is 14.7. The van der Waals surface area contributed by atoms with E-state index in [2.05, 4.69) is 22.9 Å². The highest BCUT2D eigenvalue weighted by Gasteiger charge is 2.15. The molecule has 0 amide bonds. The predicted molar refractivity (Wildman–Crippen MR) is 82.8 cm³/mol. The Morgan fingerprint density at radius 1 is 1.40 bits per heavy atom. The average molecular weight is 339 g/mol. The summed E-state index contributed by atoms with van der Waals surface area (Å²) >= 11 is 3.51. The molecule has 0 spiro atoms. The first-order chi connectivity index (χ1) is 9.56. The van der Waals surface area contributed by atoms with Crippen LogP contribution in [-0.4, -0.2) is 22.1 Å². The molecule has 0 radical (unpaired) electrons. The van der Waals surface area contributed by atoms with Crippen molar-refractivity contribution in [2.75, 3.05) is 6.61 Å². The van der Waals surface area contributed by atoms with Crippen LogP contribution in [0.25, 0.3) is 11.0 Å². The van der Waals surface area contributed by atoms with Gasteiger partial charge in [-0.2, -0.15) is 0 Å². The van der Waals surface area contributed by atoms with Gasteiger partial charge < -0.3 is 9.30 Å². The number of imidazole rings is 1. The summed E-state index contributed by atoms with van der Waals surface area (Å²) in [6, 6.07) is 4.05. The SMILES string of the molecule is CCCc1nc2c(C)cc(Br)cc2n1CC(=O)OCC. The lowest BCUT2D eigenvalue weighted by Crippen LogP contribution is -2.15. The molecule has 0 saturated heterocycles. The number of carbonyl (C=O) groups is 1. The Bertz CT molecular complexity index is 634. The van der Waals surface area contributed by atoms with E-state index in [0.29, 0.717) is 6.61 Å². The number of fused-ring (bicyclic) bond motifs is 1. The largest absolute Gasteiger partial charge is 0.465 e. The number of nitrogens with zero attached hydrogens (tertiary/aromatic N) is 2. The first-order valence-corrected chi connectivity index (χ1v) is 7.67. The molecule has 20 heavy (non-hydrogen) atoms. The van der Waals surface area contributed by atoms with Gasteiger partial charge in [-0.05, 0) is 38.0 Å². The predicted octanol–water partition coefficient (Wildman–Crippen LogP) is 3.62. The van der Waals surface area contributed by atoms with E-state index in [9.17, 15) is 4.79 Å². The third-order valence-electron chi connectivity index (χ3n) is 3.15. The number of halogens is 1. The molecule has 2 aromatic rings. The highest BCUT2D eigenvalue weighted by Crippen LogP contribution is 2.25. The average Bonchev–Trinajstić information content (AvgIpc) is 2.69. The highest BCUT2D eigenvalue weighted by atomic mass is 79.9. The number of carbonyl (C=O) groups excluding carboxylic acids is 1. The molecule has 1 aromatic carbocycles. The molecule has 0 aliphatic carbocycles. The minimum atomic E-state index is -0.221. The van der Waals surface area contributed by atoms with Gasteiger partial charge in [0.25, 0.3) is 0 Å². The van der Waals surface area contributed by atoms with Crippen LogP contribution in [0, 0.1) is 6.92 Å². The molecule has 1 aromatic heterocycles. The van der Waals surface area contributed by atoms with Gasteiger partial charge in [0, 0.05) is 10.9 Å². The van der Waals surface area contributed by atoms with Crippen LogP contribution in [0.2, 0.25) is 0 Å². The second-order valence-corrected chi connectivity index (χ2v) is 5.68. The zero-order valence-electron chi connectivity index (χ0n) is 12.1. The van der Waals surface area contributed by atoms with E-state index < -0.39 is 0 Å². The fourth-order valence-corrected chi connectivity index (χ4v) is 2.88. The first-order valence-electron chi connectivity index (χ1n) is 6.87. The van der Waals surface area contributed by atoms with E-state index in [4.69, 9.17) is 9.72 Å². The Kier molecular flexibility index (Phi) is 4.81. The van der Waals surface area contributed by atoms with Crippen LogP contribution in [0.4, 0.5) is 0 Å². The lowest BCUT2D eigenvalue weighted by atomic mass is 10.2. The number of aromatic nitrogens is 2. The summed E-state index contributed by atoms with van der Waals surface area (Å²) in [5.74, 6) is 0.721. The minimum absolute atomic E-state index is 0.218. The molecule has 0 atom stereocenters. The van der Waals surface area contributed by atoms with Gasteiger partial charge in [0.1, 0.15) is 12.4 Å². The van der Waals surface area contributed by atoms with Crippen LogP contribution in [0.1, 0.15) is 31.7 Å². The number of rotatable bonds is 5. The van der Waals surface area contributed by atoms with E-state index >= 15 is 0 Å². The molecule has 1 heterocycles. The summed E-state index contributed by atoms with van der Waals surface area (Å²) in [4.78, 5) is 16.5. The Morgan fingerprint density at radius 3 is 2.80 bits per heavy atom. The van der Waals surface area contributed by atoms with Gasteiger partial charge >= 0.3 is 5.97 Å². The van der Waals surface area contributed by atoms with E-state index in [-0.39, 0.29) is 12.5 Å². The van der Waals surface area contributed by atoms with Crippen molar-refractivity contribution in [3.05, 3.63) is 28.0 Å². The Morgan fingerprint density at radius 2 is 2.15 bits per heavy atom. The zero-order valence-corrected chi connectivity index (χ0v) is 13.7. The summed E-state index contributed by atoms with van der Waals surface area (Å²) in [6.45, 7) is 6.58. The minimum Gasteiger partial charge on any atom is -0.465 e. The van der Waals surface area contributed by atoms with E-state index in [1.54, 1.807) is 0 Å². The monoisotopic (exact) mass is 338 g/mol. The topological polar surface area (TPSA) is 44.1 Å². The van der Waals surface area contributed by atoms with Crippen LogP contribution < -0.4 is 0 Å². The van der Waals surface area contributed by atoms with E-state index in [1.165, 1.54) is 0 Å². The van der Waals surface area contributed by atoms with Crippen molar-refractivity contribution in [2.24, 2.45) is 0 Å². The molecule has 0 saturated carbocycles. The number of hydrogen-bond donors (Lipinski definition) is 0. The molecule has 4 nitrogen and oxygen atoms in total. The van der Waals surface area contributed by atoms with Crippen molar-refractivity contribution < 1.29 is 9.53 Å². The third kappa shape index (κ3) is 3.03. The molecule has 0 aliphatic heterocycles. The molecule has 108 valence electrons. The van der Waals surface area contributed by atoms with Gasteiger partial charge in [-0.25, -0.2) is 4.98 Å². The molecule has 0 unspecified atom stereocenters. The van der Waals surface area contributed by atoms with Crippen molar-refractivity contribution in [2.45, 2.75) is 40.2 Å². The smallest absolute Gasteiger partial charge is 0.326 e. The maximum atomic E-state index is 11.8. The second kappa shape index (κ2) is 6.39. The molecule has 0 aliphatic rings.